The highest BCUT2D eigenvalue weighted by Crippen LogP contribution is 2.18. The summed E-state index contributed by atoms with van der Waals surface area (Å²) in [4.78, 5) is 12.4. The zero-order valence-corrected chi connectivity index (χ0v) is 12.8. The number of nitrogens with two attached hydrogens (primary N) is 1. The minimum Gasteiger partial charge on any atom is -0.399 e. The number of fused-ring (bicyclic) bond motifs is 1. The van der Waals surface area contributed by atoms with Gasteiger partial charge in [0.1, 0.15) is 0 Å². The van der Waals surface area contributed by atoms with Gasteiger partial charge in [-0.3, -0.25) is 4.79 Å². The van der Waals surface area contributed by atoms with Crippen molar-refractivity contribution in [2.45, 2.75) is 6.92 Å². The van der Waals surface area contributed by atoms with Crippen LogP contribution in [0.5, 0.6) is 0 Å². The van der Waals surface area contributed by atoms with Crippen LogP contribution in [0.2, 0.25) is 0 Å². The number of benzene rings is 3. The smallest absolute Gasteiger partial charge is 0.272 e. The second-order valence-electron chi connectivity index (χ2n) is 5.29. The van der Waals surface area contributed by atoms with Gasteiger partial charge in [-0.1, -0.05) is 48.5 Å². The first kappa shape index (κ1) is 14.8. The normalized spacial score (nSPS) is 11.4. The molecular formula is C19H17N3O. The lowest BCUT2D eigenvalue weighted by Gasteiger charge is -2.06. The van der Waals surface area contributed by atoms with E-state index in [0.717, 1.165) is 22.0 Å². The molecule has 0 radical (unpaired) electrons. The number of nitrogens with zero attached hydrogens (tertiary/aromatic N) is 1. The fourth-order valence-electron chi connectivity index (χ4n) is 2.41. The highest BCUT2D eigenvalue weighted by Gasteiger charge is 2.09. The maximum absolute atomic E-state index is 12.4. The van der Waals surface area contributed by atoms with Crippen molar-refractivity contribution in [2.75, 3.05) is 5.73 Å². The third-order valence-corrected chi connectivity index (χ3v) is 3.69. The number of amides is 1. The fraction of sp³-hybridized carbons (Fsp3) is 0.0526. The number of carbonyl (C=O) groups excluding carboxylic acids is 1. The third-order valence-electron chi connectivity index (χ3n) is 3.69. The van der Waals surface area contributed by atoms with Crippen LogP contribution in [-0.2, 0) is 0 Å². The summed E-state index contributed by atoms with van der Waals surface area (Å²) < 4.78 is 0. The summed E-state index contributed by atoms with van der Waals surface area (Å²) in [7, 11) is 0. The number of hydrogen-bond donors (Lipinski definition) is 2. The Kier molecular flexibility index (Phi) is 4.06. The van der Waals surface area contributed by atoms with Crippen LogP contribution in [0.25, 0.3) is 10.8 Å². The Hall–Kier alpha value is -3.14. The van der Waals surface area contributed by atoms with Crippen LogP contribution in [-0.4, -0.2) is 11.6 Å². The first-order chi connectivity index (χ1) is 11.1. The van der Waals surface area contributed by atoms with E-state index >= 15 is 0 Å². The summed E-state index contributed by atoms with van der Waals surface area (Å²) in [5.74, 6) is -0.225. The molecule has 3 aromatic rings. The van der Waals surface area contributed by atoms with E-state index in [1.807, 2.05) is 55.5 Å². The number of rotatable bonds is 3. The van der Waals surface area contributed by atoms with Crippen molar-refractivity contribution in [3.8, 4) is 0 Å². The molecule has 0 spiro atoms. The van der Waals surface area contributed by atoms with Crippen molar-refractivity contribution in [2.24, 2.45) is 5.10 Å². The van der Waals surface area contributed by atoms with Crippen LogP contribution < -0.4 is 11.2 Å². The molecule has 3 N–H and O–H groups in total. The summed E-state index contributed by atoms with van der Waals surface area (Å²) in [6, 6.07) is 20.8. The molecule has 0 aliphatic heterocycles. The van der Waals surface area contributed by atoms with Crippen LogP contribution in [0.1, 0.15) is 22.8 Å². The zero-order chi connectivity index (χ0) is 16.2. The molecule has 0 aliphatic rings. The van der Waals surface area contributed by atoms with E-state index in [0.29, 0.717) is 11.3 Å². The number of carbonyl (C=O) groups is 1. The quantitative estimate of drug-likeness (QED) is 0.441. The average molecular weight is 303 g/mol. The Balaban J connectivity index is 1.83. The summed E-state index contributed by atoms with van der Waals surface area (Å²) >= 11 is 0. The fourth-order valence-corrected chi connectivity index (χ4v) is 2.41. The Labute approximate surface area is 134 Å². The lowest BCUT2D eigenvalue weighted by molar-refractivity contribution is 0.0956. The van der Waals surface area contributed by atoms with Gasteiger partial charge < -0.3 is 5.73 Å². The van der Waals surface area contributed by atoms with Crippen LogP contribution in [0.3, 0.4) is 0 Å². The van der Waals surface area contributed by atoms with E-state index < -0.39 is 0 Å². The van der Waals surface area contributed by atoms with Crippen molar-refractivity contribution in [3.05, 3.63) is 77.9 Å². The zero-order valence-electron chi connectivity index (χ0n) is 12.8. The third kappa shape index (κ3) is 3.21. The molecule has 0 fully saturated rings. The molecule has 23 heavy (non-hydrogen) atoms. The number of nitrogen functional groups attached to an aromatic ring is 1. The second kappa shape index (κ2) is 6.32. The summed E-state index contributed by atoms with van der Waals surface area (Å²) in [6.07, 6.45) is 0. The van der Waals surface area contributed by atoms with Gasteiger partial charge in [0.2, 0.25) is 0 Å². The standard InChI is InChI=1S/C19H17N3O/c1-13(14-9-11-16(20)12-10-14)21-22-19(23)18-8-4-6-15-5-2-3-7-17(15)18/h2-12H,20H2,1H3,(H,22,23). The van der Waals surface area contributed by atoms with E-state index in [1.165, 1.54) is 0 Å². The highest BCUT2D eigenvalue weighted by atomic mass is 16.2. The van der Waals surface area contributed by atoms with Gasteiger partial charge >= 0.3 is 0 Å². The predicted octanol–water partition coefficient (Wildman–Crippen LogP) is 3.58. The molecule has 0 heterocycles. The summed E-state index contributed by atoms with van der Waals surface area (Å²) in [6.45, 7) is 1.84. The van der Waals surface area contributed by atoms with Crippen molar-refractivity contribution >= 4 is 28.1 Å². The van der Waals surface area contributed by atoms with Gasteiger partial charge in [-0.2, -0.15) is 5.10 Å². The topological polar surface area (TPSA) is 67.5 Å². The van der Waals surface area contributed by atoms with Crippen molar-refractivity contribution in [1.29, 1.82) is 0 Å². The SMILES string of the molecule is CC(=NNC(=O)c1cccc2ccccc12)c1ccc(N)cc1. The van der Waals surface area contributed by atoms with E-state index in [-0.39, 0.29) is 5.91 Å². The lowest BCUT2D eigenvalue weighted by atomic mass is 10.0. The maximum Gasteiger partial charge on any atom is 0.272 e. The monoisotopic (exact) mass is 303 g/mol. The van der Waals surface area contributed by atoms with Crippen molar-refractivity contribution in [1.82, 2.24) is 5.43 Å². The maximum atomic E-state index is 12.4. The minimum absolute atomic E-state index is 0.225. The number of nitrogens with one attached hydrogen (secondary N) is 1. The summed E-state index contributed by atoms with van der Waals surface area (Å²) in [5, 5.41) is 6.12. The Bertz CT molecular complexity index is 877. The van der Waals surface area contributed by atoms with Gasteiger partial charge in [-0.05, 0) is 41.5 Å². The Morgan fingerprint density at radius 2 is 1.65 bits per heavy atom. The van der Waals surface area contributed by atoms with Crippen LogP contribution in [0, 0.1) is 0 Å². The molecule has 0 aromatic heterocycles. The van der Waals surface area contributed by atoms with E-state index in [2.05, 4.69) is 10.5 Å². The molecule has 0 unspecified atom stereocenters. The van der Waals surface area contributed by atoms with Gasteiger partial charge in [0, 0.05) is 11.3 Å². The van der Waals surface area contributed by atoms with Gasteiger partial charge in [-0.25, -0.2) is 5.43 Å². The van der Waals surface area contributed by atoms with Gasteiger partial charge in [0.05, 0.1) is 5.71 Å². The van der Waals surface area contributed by atoms with Crippen LogP contribution in [0.4, 0.5) is 5.69 Å². The number of anilines is 1. The van der Waals surface area contributed by atoms with Crippen LogP contribution in [0.15, 0.2) is 71.8 Å². The Morgan fingerprint density at radius 1 is 0.957 bits per heavy atom. The minimum atomic E-state index is -0.225. The average Bonchev–Trinajstić information content (AvgIpc) is 2.59. The largest absolute Gasteiger partial charge is 0.399 e. The Morgan fingerprint density at radius 3 is 2.43 bits per heavy atom. The molecule has 0 saturated heterocycles. The first-order valence-electron chi connectivity index (χ1n) is 7.33. The number of hydrogen-bond acceptors (Lipinski definition) is 3. The lowest BCUT2D eigenvalue weighted by Crippen LogP contribution is -2.19. The second-order valence-corrected chi connectivity index (χ2v) is 5.29. The van der Waals surface area contributed by atoms with Gasteiger partial charge in [-0.15, -0.1) is 0 Å². The molecule has 0 bridgehead atoms. The number of hydrazone groups is 1. The first-order valence-corrected chi connectivity index (χ1v) is 7.33. The molecule has 4 nitrogen and oxygen atoms in total. The van der Waals surface area contributed by atoms with Gasteiger partial charge in [0.25, 0.3) is 5.91 Å². The molecule has 3 rings (SSSR count). The van der Waals surface area contributed by atoms with E-state index in [9.17, 15) is 4.79 Å². The van der Waals surface area contributed by atoms with E-state index in [1.54, 1.807) is 18.2 Å². The van der Waals surface area contributed by atoms with Crippen molar-refractivity contribution in [3.63, 3.8) is 0 Å². The molecule has 0 atom stereocenters. The molecule has 0 aliphatic carbocycles. The van der Waals surface area contributed by atoms with E-state index in [4.69, 9.17) is 5.73 Å². The molecule has 0 saturated carbocycles. The molecule has 4 heteroatoms. The molecule has 114 valence electrons. The molecular weight excluding hydrogens is 286 g/mol. The summed E-state index contributed by atoms with van der Waals surface area (Å²) in [5.41, 5.74) is 11.2. The van der Waals surface area contributed by atoms with Crippen LogP contribution >= 0.6 is 0 Å². The highest BCUT2D eigenvalue weighted by molar-refractivity contribution is 6.08. The predicted molar refractivity (Wildman–Crippen MR) is 94.5 cm³/mol. The van der Waals surface area contributed by atoms with Crippen molar-refractivity contribution < 1.29 is 4.79 Å². The van der Waals surface area contributed by atoms with Gasteiger partial charge in [0.15, 0.2) is 0 Å². The molecule has 1 amide bonds. The molecule has 3 aromatic carbocycles.